The first-order valence-electron chi connectivity index (χ1n) is 9.71. The van der Waals surface area contributed by atoms with Crippen molar-refractivity contribution >= 4 is 11.4 Å². The molecule has 0 unspecified atom stereocenters. The van der Waals surface area contributed by atoms with E-state index in [9.17, 15) is 10.1 Å². The van der Waals surface area contributed by atoms with Gasteiger partial charge in [0.2, 0.25) is 0 Å². The number of fused-ring (bicyclic) bond motifs is 3. The van der Waals surface area contributed by atoms with Gasteiger partial charge in [0.05, 0.1) is 30.9 Å². The average Bonchev–Trinajstić information content (AvgIpc) is 2.72. The van der Waals surface area contributed by atoms with Crippen LogP contribution in [-0.2, 0) is 0 Å². The second-order valence-electron chi connectivity index (χ2n) is 7.76. The van der Waals surface area contributed by atoms with Crippen molar-refractivity contribution in [3.8, 4) is 11.5 Å². The third kappa shape index (κ3) is 3.35. The van der Waals surface area contributed by atoms with Crippen LogP contribution in [-0.4, -0.2) is 55.9 Å². The number of likely N-dealkylation sites (tertiary alicyclic amines) is 1. The van der Waals surface area contributed by atoms with Gasteiger partial charge in [0.15, 0.2) is 11.5 Å². The average molecular weight is 395 g/mol. The standard InChI is InChI=1S/C22H25N3O4/c1-13-5-6-14(9-19(13)25(26)27)22-16-11-21(29-4)20(28-3)10-15(16)17-12-24(2)8-7-18(17)23-22/h5-6,9-11,17-18H,7-8,12H2,1-4H3/t17-,18-/m1/s1. The minimum atomic E-state index is -0.337. The number of piperidine rings is 1. The molecule has 1 fully saturated rings. The number of nitro groups is 1. The molecule has 0 saturated carbocycles. The summed E-state index contributed by atoms with van der Waals surface area (Å²) in [6.45, 7) is 3.64. The van der Waals surface area contributed by atoms with Crippen molar-refractivity contribution in [3.63, 3.8) is 0 Å². The number of hydrogen-bond donors (Lipinski definition) is 0. The van der Waals surface area contributed by atoms with E-state index in [-0.39, 0.29) is 22.6 Å². The first kappa shape index (κ1) is 19.4. The molecule has 1 saturated heterocycles. The van der Waals surface area contributed by atoms with Crippen molar-refractivity contribution in [2.75, 3.05) is 34.4 Å². The molecule has 0 spiro atoms. The van der Waals surface area contributed by atoms with E-state index in [2.05, 4.69) is 11.9 Å². The van der Waals surface area contributed by atoms with Gasteiger partial charge in [-0.25, -0.2) is 0 Å². The van der Waals surface area contributed by atoms with Crippen LogP contribution in [0.25, 0.3) is 0 Å². The van der Waals surface area contributed by atoms with Crippen LogP contribution in [0.1, 0.15) is 34.6 Å². The zero-order chi connectivity index (χ0) is 20.7. The molecule has 29 heavy (non-hydrogen) atoms. The molecule has 7 nitrogen and oxygen atoms in total. The number of likely N-dealkylation sites (N-methyl/N-ethyl adjacent to an activating group) is 1. The van der Waals surface area contributed by atoms with Crippen LogP contribution in [0.15, 0.2) is 35.3 Å². The first-order chi connectivity index (χ1) is 13.9. The number of hydrogen-bond acceptors (Lipinski definition) is 6. The molecule has 7 heteroatoms. The summed E-state index contributed by atoms with van der Waals surface area (Å²) >= 11 is 0. The van der Waals surface area contributed by atoms with Crippen molar-refractivity contribution in [1.29, 1.82) is 0 Å². The van der Waals surface area contributed by atoms with Crippen LogP contribution in [0.3, 0.4) is 0 Å². The number of rotatable bonds is 4. The van der Waals surface area contributed by atoms with Crippen molar-refractivity contribution in [3.05, 3.63) is 62.7 Å². The Morgan fingerprint density at radius 1 is 1.17 bits per heavy atom. The fraction of sp³-hybridized carbons (Fsp3) is 0.409. The maximum absolute atomic E-state index is 11.5. The molecule has 152 valence electrons. The van der Waals surface area contributed by atoms with Gasteiger partial charge in [0, 0.05) is 35.2 Å². The lowest BCUT2D eigenvalue weighted by Gasteiger charge is -2.39. The summed E-state index contributed by atoms with van der Waals surface area (Å²) in [6.07, 6.45) is 0.951. The molecule has 0 bridgehead atoms. The number of ether oxygens (including phenoxy) is 2. The molecule has 2 aromatic rings. The largest absolute Gasteiger partial charge is 0.493 e. The predicted molar refractivity (Wildman–Crippen MR) is 112 cm³/mol. The van der Waals surface area contributed by atoms with Crippen LogP contribution < -0.4 is 9.47 Å². The Kier molecular flexibility index (Phi) is 5.00. The van der Waals surface area contributed by atoms with Gasteiger partial charge in [0.1, 0.15) is 0 Å². The highest BCUT2D eigenvalue weighted by molar-refractivity contribution is 6.15. The lowest BCUT2D eigenvalue weighted by atomic mass is 9.79. The molecule has 0 radical (unpaired) electrons. The Morgan fingerprint density at radius 2 is 1.90 bits per heavy atom. The van der Waals surface area contributed by atoms with Crippen molar-refractivity contribution in [2.45, 2.75) is 25.3 Å². The molecule has 0 amide bonds. The monoisotopic (exact) mass is 395 g/mol. The third-order valence-electron chi connectivity index (χ3n) is 5.96. The lowest BCUT2D eigenvalue weighted by molar-refractivity contribution is -0.385. The van der Waals surface area contributed by atoms with E-state index in [1.807, 2.05) is 18.2 Å². The first-order valence-corrected chi connectivity index (χ1v) is 9.71. The number of nitro benzene ring substituents is 1. The highest BCUT2D eigenvalue weighted by atomic mass is 16.6. The number of methoxy groups -OCH3 is 2. The number of aryl methyl sites for hydroxylation is 1. The van der Waals surface area contributed by atoms with Gasteiger partial charge in [-0.3, -0.25) is 15.1 Å². The van der Waals surface area contributed by atoms with Crippen LogP contribution >= 0.6 is 0 Å². The van der Waals surface area contributed by atoms with Gasteiger partial charge in [-0.15, -0.1) is 0 Å². The Hall–Kier alpha value is -2.93. The van der Waals surface area contributed by atoms with E-state index in [1.54, 1.807) is 33.3 Å². The molecule has 2 heterocycles. The van der Waals surface area contributed by atoms with Gasteiger partial charge in [-0.05, 0) is 44.6 Å². The third-order valence-corrected chi connectivity index (χ3v) is 5.96. The molecular formula is C22H25N3O4. The van der Waals surface area contributed by atoms with Crippen molar-refractivity contribution in [1.82, 2.24) is 4.90 Å². The Bertz CT molecular complexity index is 1000. The maximum atomic E-state index is 11.5. The molecule has 0 aliphatic carbocycles. The zero-order valence-electron chi connectivity index (χ0n) is 17.1. The number of aliphatic imine (C=N–C) groups is 1. The van der Waals surface area contributed by atoms with E-state index in [0.29, 0.717) is 17.1 Å². The Balaban J connectivity index is 1.92. The van der Waals surface area contributed by atoms with E-state index in [1.165, 1.54) is 0 Å². The molecule has 2 aliphatic rings. The number of nitrogens with zero attached hydrogens (tertiary/aromatic N) is 3. The topological polar surface area (TPSA) is 77.2 Å². The molecule has 2 aliphatic heterocycles. The quantitative estimate of drug-likeness (QED) is 0.584. The van der Waals surface area contributed by atoms with Gasteiger partial charge >= 0.3 is 0 Å². The molecule has 2 aromatic carbocycles. The van der Waals surface area contributed by atoms with Gasteiger partial charge in [0.25, 0.3) is 5.69 Å². The summed E-state index contributed by atoms with van der Waals surface area (Å²) in [4.78, 5) is 18.5. The summed E-state index contributed by atoms with van der Waals surface area (Å²) in [5, 5.41) is 11.5. The minimum absolute atomic E-state index is 0.109. The zero-order valence-corrected chi connectivity index (χ0v) is 17.1. The number of benzene rings is 2. The summed E-state index contributed by atoms with van der Waals surface area (Å²) in [7, 11) is 5.37. The minimum Gasteiger partial charge on any atom is -0.493 e. The maximum Gasteiger partial charge on any atom is 0.272 e. The second kappa shape index (κ2) is 7.48. The SMILES string of the molecule is COc1cc2c(cc1OC)[C@H]1CN(C)CC[C@H]1N=C2c1ccc(C)c([N+](=O)[O-])c1. The van der Waals surface area contributed by atoms with Crippen molar-refractivity contribution in [2.24, 2.45) is 4.99 Å². The van der Waals surface area contributed by atoms with Crippen molar-refractivity contribution < 1.29 is 14.4 Å². The van der Waals surface area contributed by atoms with Crippen LogP contribution in [0.4, 0.5) is 5.69 Å². The molecule has 2 atom stereocenters. The van der Waals surface area contributed by atoms with Crippen LogP contribution in [0.2, 0.25) is 0 Å². The van der Waals surface area contributed by atoms with Gasteiger partial charge in [-0.1, -0.05) is 12.1 Å². The highest BCUT2D eigenvalue weighted by Crippen LogP contribution is 2.42. The normalized spacial score (nSPS) is 21.0. The van der Waals surface area contributed by atoms with Crippen LogP contribution in [0.5, 0.6) is 11.5 Å². The van der Waals surface area contributed by atoms with Crippen LogP contribution in [0, 0.1) is 17.0 Å². The second-order valence-corrected chi connectivity index (χ2v) is 7.76. The summed E-state index contributed by atoms with van der Waals surface area (Å²) in [5.41, 5.74) is 4.41. The summed E-state index contributed by atoms with van der Waals surface area (Å²) < 4.78 is 11.1. The summed E-state index contributed by atoms with van der Waals surface area (Å²) in [5.74, 6) is 1.57. The van der Waals surface area contributed by atoms with E-state index in [4.69, 9.17) is 14.5 Å². The molecule has 0 aromatic heterocycles. The fourth-order valence-electron chi connectivity index (χ4n) is 4.39. The highest BCUT2D eigenvalue weighted by Gasteiger charge is 2.36. The van der Waals surface area contributed by atoms with Gasteiger partial charge in [-0.2, -0.15) is 0 Å². The molecular weight excluding hydrogens is 370 g/mol. The predicted octanol–water partition coefficient (Wildman–Crippen LogP) is 3.56. The lowest BCUT2D eigenvalue weighted by Crippen LogP contribution is -2.41. The summed E-state index contributed by atoms with van der Waals surface area (Å²) in [6, 6.07) is 9.47. The van der Waals surface area contributed by atoms with E-state index < -0.39 is 0 Å². The Morgan fingerprint density at radius 3 is 2.59 bits per heavy atom. The molecule has 0 N–H and O–H groups in total. The Labute approximate surface area is 170 Å². The van der Waals surface area contributed by atoms with Gasteiger partial charge < -0.3 is 14.4 Å². The molecule has 4 rings (SSSR count). The van der Waals surface area contributed by atoms with E-state index in [0.717, 1.165) is 41.9 Å². The smallest absolute Gasteiger partial charge is 0.272 e. The van der Waals surface area contributed by atoms with E-state index >= 15 is 0 Å². The fourth-order valence-corrected chi connectivity index (χ4v) is 4.39.